The standard InChI is InChI=1S/C15H19N3O5/c1-9-7-12(18(22)23)5-6-13(9)16-14(19)8-17(11-3-4-11)10(2)15(20)21/h5-7,10-11H,3-4,8H2,1-2H3,(H,16,19)(H,20,21). The van der Waals surface area contributed by atoms with Gasteiger partial charge in [0, 0.05) is 23.9 Å². The second-order valence-corrected chi connectivity index (χ2v) is 5.72. The Bertz CT molecular complexity index is 642. The minimum Gasteiger partial charge on any atom is -0.480 e. The summed E-state index contributed by atoms with van der Waals surface area (Å²) in [5, 5.41) is 22.5. The molecule has 0 saturated heterocycles. The van der Waals surface area contributed by atoms with Gasteiger partial charge < -0.3 is 10.4 Å². The molecule has 8 nitrogen and oxygen atoms in total. The first-order valence-electron chi connectivity index (χ1n) is 7.33. The SMILES string of the molecule is Cc1cc([N+](=O)[O-])ccc1NC(=O)CN(C1CC1)C(C)C(=O)O. The topological polar surface area (TPSA) is 113 Å². The fourth-order valence-corrected chi connectivity index (χ4v) is 2.39. The molecule has 1 fully saturated rings. The molecule has 1 amide bonds. The smallest absolute Gasteiger partial charge is 0.320 e. The average Bonchev–Trinajstić information content (AvgIpc) is 3.30. The number of hydrogen-bond donors (Lipinski definition) is 2. The van der Waals surface area contributed by atoms with E-state index in [0.717, 1.165) is 12.8 Å². The maximum Gasteiger partial charge on any atom is 0.320 e. The predicted octanol–water partition coefficient (Wildman–Crippen LogP) is 1.78. The summed E-state index contributed by atoms with van der Waals surface area (Å²) in [5.74, 6) is -1.29. The number of benzene rings is 1. The van der Waals surface area contributed by atoms with Crippen LogP contribution in [-0.4, -0.2) is 45.4 Å². The molecular formula is C15H19N3O5. The van der Waals surface area contributed by atoms with Gasteiger partial charge in [-0.1, -0.05) is 0 Å². The van der Waals surface area contributed by atoms with Crippen LogP contribution < -0.4 is 5.32 Å². The van der Waals surface area contributed by atoms with Crippen molar-refractivity contribution in [3.63, 3.8) is 0 Å². The summed E-state index contributed by atoms with van der Waals surface area (Å²) in [6.45, 7) is 3.21. The Hall–Kier alpha value is -2.48. The monoisotopic (exact) mass is 321 g/mol. The minimum absolute atomic E-state index is 0.0193. The van der Waals surface area contributed by atoms with E-state index >= 15 is 0 Å². The zero-order chi connectivity index (χ0) is 17.1. The van der Waals surface area contributed by atoms with E-state index in [1.165, 1.54) is 18.2 Å². The lowest BCUT2D eigenvalue weighted by molar-refractivity contribution is -0.384. The average molecular weight is 321 g/mol. The number of nitrogens with one attached hydrogen (secondary N) is 1. The molecule has 1 atom stereocenters. The number of carboxylic acids is 1. The van der Waals surface area contributed by atoms with Crippen LogP contribution in [0, 0.1) is 17.0 Å². The van der Waals surface area contributed by atoms with Crippen molar-refractivity contribution < 1.29 is 19.6 Å². The number of amides is 1. The van der Waals surface area contributed by atoms with Crippen LogP contribution in [0.2, 0.25) is 0 Å². The quantitative estimate of drug-likeness (QED) is 0.584. The van der Waals surface area contributed by atoms with E-state index in [0.29, 0.717) is 11.3 Å². The van der Waals surface area contributed by atoms with Crippen molar-refractivity contribution in [1.29, 1.82) is 0 Å². The number of carboxylic acid groups (broad SMARTS) is 1. The van der Waals surface area contributed by atoms with Crippen molar-refractivity contribution in [2.45, 2.75) is 38.8 Å². The van der Waals surface area contributed by atoms with Crippen LogP contribution >= 0.6 is 0 Å². The van der Waals surface area contributed by atoms with Gasteiger partial charge in [-0.2, -0.15) is 0 Å². The molecule has 23 heavy (non-hydrogen) atoms. The van der Waals surface area contributed by atoms with E-state index in [2.05, 4.69) is 5.32 Å². The number of non-ortho nitro benzene ring substituents is 1. The Morgan fingerprint density at radius 3 is 2.61 bits per heavy atom. The number of carbonyl (C=O) groups is 2. The lowest BCUT2D eigenvalue weighted by atomic mass is 10.1. The molecule has 1 aromatic rings. The number of nitro benzene ring substituents is 1. The van der Waals surface area contributed by atoms with Gasteiger partial charge in [-0.05, 0) is 38.3 Å². The first kappa shape index (κ1) is 16.9. The Balaban J connectivity index is 2.03. The van der Waals surface area contributed by atoms with Crippen molar-refractivity contribution in [2.75, 3.05) is 11.9 Å². The summed E-state index contributed by atoms with van der Waals surface area (Å²) in [7, 11) is 0. The van der Waals surface area contributed by atoms with Crippen molar-refractivity contribution in [1.82, 2.24) is 4.90 Å². The molecule has 124 valence electrons. The summed E-state index contributed by atoms with van der Waals surface area (Å²) < 4.78 is 0. The molecule has 0 spiro atoms. The zero-order valence-corrected chi connectivity index (χ0v) is 13.0. The molecule has 0 aromatic heterocycles. The number of nitro groups is 1. The Morgan fingerprint density at radius 2 is 2.13 bits per heavy atom. The molecule has 1 aliphatic rings. The van der Waals surface area contributed by atoms with Crippen LogP contribution in [0.25, 0.3) is 0 Å². The number of carbonyl (C=O) groups excluding carboxylic acids is 1. The lowest BCUT2D eigenvalue weighted by Gasteiger charge is -2.25. The Morgan fingerprint density at radius 1 is 1.48 bits per heavy atom. The molecule has 0 bridgehead atoms. The summed E-state index contributed by atoms with van der Waals surface area (Å²) in [6, 6.07) is 3.58. The van der Waals surface area contributed by atoms with E-state index in [4.69, 9.17) is 5.11 Å². The maximum atomic E-state index is 12.2. The minimum atomic E-state index is -0.962. The van der Waals surface area contributed by atoms with E-state index in [-0.39, 0.29) is 24.2 Å². The zero-order valence-electron chi connectivity index (χ0n) is 13.0. The summed E-state index contributed by atoms with van der Waals surface area (Å²) >= 11 is 0. The molecule has 2 rings (SSSR count). The fraction of sp³-hybridized carbons (Fsp3) is 0.467. The third-order valence-corrected chi connectivity index (χ3v) is 3.89. The van der Waals surface area contributed by atoms with Crippen LogP contribution in [0.15, 0.2) is 18.2 Å². The van der Waals surface area contributed by atoms with E-state index < -0.39 is 16.9 Å². The van der Waals surface area contributed by atoms with Crippen LogP contribution in [-0.2, 0) is 9.59 Å². The van der Waals surface area contributed by atoms with Gasteiger partial charge in [0.05, 0.1) is 11.5 Å². The number of aryl methyl sites for hydroxylation is 1. The number of nitrogens with zero attached hydrogens (tertiary/aromatic N) is 2. The van der Waals surface area contributed by atoms with Crippen molar-refractivity contribution in [3.05, 3.63) is 33.9 Å². The molecule has 2 N–H and O–H groups in total. The van der Waals surface area contributed by atoms with Gasteiger partial charge in [-0.15, -0.1) is 0 Å². The van der Waals surface area contributed by atoms with Crippen molar-refractivity contribution in [3.8, 4) is 0 Å². The highest BCUT2D eigenvalue weighted by molar-refractivity contribution is 5.93. The van der Waals surface area contributed by atoms with E-state index in [1.54, 1.807) is 18.7 Å². The molecule has 1 aliphatic carbocycles. The summed E-state index contributed by atoms with van der Waals surface area (Å²) in [5.41, 5.74) is 1.02. The van der Waals surface area contributed by atoms with Crippen LogP contribution in [0.5, 0.6) is 0 Å². The number of aliphatic carboxylic acids is 1. The second-order valence-electron chi connectivity index (χ2n) is 5.72. The summed E-state index contributed by atoms with van der Waals surface area (Å²) in [4.78, 5) is 35.2. The van der Waals surface area contributed by atoms with Crippen LogP contribution in [0.1, 0.15) is 25.3 Å². The van der Waals surface area contributed by atoms with Gasteiger partial charge >= 0.3 is 5.97 Å². The predicted molar refractivity (Wildman–Crippen MR) is 83.3 cm³/mol. The van der Waals surface area contributed by atoms with Gasteiger partial charge in [0.1, 0.15) is 6.04 Å². The molecule has 0 aliphatic heterocycles. The molecule has 1 saturated carbocycles. The number of hydrogen-bond acceptors (Lipinski definition) is 5. The third-order valence-electron chi connectivity index (χ3n) is 3.89. The fourth-order valence-electron chi connectivity index (χ4n) is 2.39. The normalized spacial score (nSPS) is 15.3. The van der Waals surface area contributed by atoms with E-state index in [1.807, 2.05) is 0 Å². The van der Waals surface area contributed by atoms with Crippen molar-refractivity contribution in [2.24, 2.45) is 0 Å². The van der Waals surface area contributed by atoms with Crippen LogP contribution in [0.4, 0.5) is 11.4 Å². The summed E-state index contributed by atoms with van der Waals surface area (Å²) in [6.07, 6.45) is 1.78. The molecular weight excluding hydrogens is 302 g/mol. The molecule has 0 heterocycles. The Kier molecular flexibility index (Phi) is 4.95. The number of rotatable bonds is 7. The molecule has 1 unspecified atom stereocenters. The highest BCUT2D eigenvalue weighted by Crippen LogP contribution is 2.28. The molecule has 1 aromatic carbocycles. The highest BCUT2D eigenvalue weighted by atomic mass is 16.6. The van der Waals surface area contributed by atoms with Crippen molar-refractivity contribution >= 4 is 23.3 Å². The Labute approximate surface area is 133 Å². The molecule has 0 radical (unpaired) electrons. The van der Waals surface area contributed by atoms with Crippen LogP contribution in [0.3, 0.4) is 0 Å². The third kappa shape index (κ3) is 4.26. The second kappa shape index (κ2) is 6.74. The lowest BCUT2D eigenvalue weighted by Crippen LogP contribution is -2.44. The first-order valence-corrected chi connectivity index (χ1v) is 7.33. The highest BCUT2D eigenvalue weighted by Gasteiger charge is 2.36. The molecule has 8 heteroatoms. The first-order chi connectivity index (χ1) is 10.8. The maximum absolute atomic E-state index is 12.2. The van der Waals surface area contributed by atoms with Gasteiger partial charge in [-0.25, -0.2) is 0 Å². The largest absolute Gasteiger partial charge is 0.480 e. The van der Waals surface area contributed by atoms with Gasteiger partial charge in [0.15, 0.2) is 0 Å². The van der Waals surface area contributed by atoms with E-state index in [9.17, 15) is 19.7 Å². The van der Waals surface area contributed by atoms with Gasteiger partial charge in [0.2, 0.25) is 5.91 Å². The number of anilines is 1. The van der Waals surface area contributed by atoms with Gasteiger partial charge in [0.25, 0.3) is 5.69 Å². The van der Waals surface area contributed by atoms with Gasteiger partial charge in [-0.3, -0.25) is 24.6 Å².